The number of hydrogen-bond donors (Lipinski definition) is 1. The molecule has 0 unspecified atom stereocenters. The lowest BCUT2D eigenvalue weighted by molar-refractivity contribution is -0.138. The van der Waals surface area contributed by atoms with Gasteiger partial charge in [0.15, 0.2) is 0 Å². The van der Waals surface area contributed by atoms with Crippen LogP contribution in [0.3, 0.4) is 0 Å². The third kappa shape index (κ3) is 3.84. The third-order valence-electron chi connectivity index (χ3n) is 2.88. The monoisotopic (exact) mass is 389 g/mol. The number of carbonyl (C=O) groups excluding carboxylic acids is 1. The van der Waals surface area contributed by atoms with E-state index in [-0.39, 0.29) is 10.2 Å². The molecule has 116 valence electrons. The highest BCUT2D eigenvalue weighted by molar-refractivity contribution is 9.10. The van der Waals surface area contributed by atoms with Crippen molar-refractivity contribution in [3.05, 3.63) is 58.1 Å². The summed E-state index contributed by atoms with van der Waals surface area (Å²) in [4.78, 5) is 13.0. The van der Waals surface area contributed by atoms with Crippen molar-refractivity contribution < 1.29 is 18.0 Å². The minimum absolute atomic E-state index is 0.0671. The highest BCUT2D eigenvalue weighted by atomic mass is 79.9. The molecule has 0 aromatic heterocycles. The Morgan fingerprint density at radius 3 is 2.50 bits per heavy atom. The van der Waals surface area contributed by atoms with Gasteiger partial charge < -0.3 is 5.32 Å². The number of rotatable bonds is 3. The Balaban J connectivity index is 2.29. The molecule has 0 aliphatic carbocycles. The minimum atomic E-state index is -4.49. The topological polar surface area (TPSA) is 29.1 Å². The summed E-state index contributed by atoms with van der Waals surface area (Å²) >= 11 is 4.26. The molecule has 0 spiro atoms. The zero-order chi connectivity index (χ0) is 16.3. The Hall–Kier alpha value is -1.47. The van der Waals surface area contributed by atoms with Crippen LogP contribution < -0.4 is 5.32 Å². The van der Waals surface area contributed by atoms with Gasteiger partial charge in [0.25, 0.3) is 5.91 Å². The first-order valence-electron chi connectivity index (χ1n) is 6.14. The second-order valence-corrected chi connectivity index (χ2v) is 6.05. The van der Waals surface area contributed by atoms with Crippen molar-refractivity contribution in [3.63, 3.8) is 0 Å². The molecule has 0 radical (unpaired) electrons. The third-order valence-corrected chi connectivity index (χ3v) is 4.37. The number of alkyl halides is 3. The molecule has 0 aliphatic rings. The zero-order valence-electron chi connectivity index (χ0n) is 11.4. The van der Waals surface area contributed by atoms with E-state index in [0.29, 0.717) is 5.56 Å². The van der Waals surface area contributed by atoms with Gasteiger partial charge in [-0.1, -0.05) is 28.1 Å². The van der Waals surface area contributed by atoms with Crippen LogP contribution in [0.5, 0.6) is 0 Å². The number of amides is 1. The fourth-order valence-corrected chi connectivity index (χ4v) is 2.92. The number of hydrogen-bond acceptors (Lipinski definition) is 2. The van der Waals surface area contributed by atoms with Crippen LogP contribution in [-0.4, -0.2) is 12.2 Å². The average Bonchev–Trinajstić information content (AvgIpc) is 2.48. The average molecular weight is 390 g/mol. The standard InChI is InChI=1S/C15H11BrF3NOS/c1-22-13-5-3-2-4-10(13)14(21)20-9-6-7-12(16)11(8-9)15(17,18)19/h2-8H,1H3,(H,20,21). The van der Waals surface area contributed by atoms with Crippen molar-refractivity contribution in [1.29, 1.82) is 0 Å². The molecule has 22 heavy (non-hydrogen) atoms. The second kappa shape index (κ2) is 6.75. The summed E-state index contributed by atoms with van der Waals surface area (Å²) in [7, 11) is 0. The first kappa shape index (κ1) is 16.9. The van der Waals surface area contributed by atoms with Crippen molar-refractivity contribution in [1.82, 2.24) is 0 Å². The molecule has 0 saturated heterocycles. The first-order chi connectivity index (χ1) is 10.3. The molecule has 1 N–H and O–H groups in total. The summed E-state index contributed by atoms with van der Waals surface area (Å²) in [6, 6.07) is 10.5. The molecule has 0 heterocycles. The molecular formula is C15H11BrF3NOS. The quantitative estimate of drug-likeness (QED) is 0.707. The maximum atomic E-state index is 12.9. The van der Waals surface area contributed by atoms with Crippen LogP contribution in [0.2, 0.25) is 0 Å². The summed E-state index contributed by atoms with van der Waals surface area (Å²) in [5.41, 5.74) is -0.314. The first-order valence-corrected chi connectivity index (χ1v) is 8.16. The molecular weight excluding hydrogens is 379 g/mol. The number of thioether (sulfide) groups is 1. The van der Waals surface area contributed by atoms with Crippen molar-refractivity contribution in [2.75, 3.05) is 11.6 Å². The van der Waals surface area contributed by atoms with E-state index in [4.69, 9.17) is 0 Å². The van der Waals surface area contributed by atoms with E-state index in [1.165, 1.54) is 23.9 Å². The molecule has 0 bridgehead atoms. The predicted molar refractivity (Wildman–Crippen MR) is 85.3 cm³/mol. The number of carbonyl (C=O) groups is 1. The van der Waals surface area contributed by atoms with Crippen LogP contribution in [0.25, 0.3) is 0 Å². The van der Waals surface area contributed by atoms with Crippen LogP contribution in [0.1, 0.15) is 15.9 Å². The number of halogens is 4. The van der Waals surface area contributed by atoms with E-state index in [2.05, 4.69) is 21.2 Å². The Bertz CT molecular complexity index is 703. The molecule has 2 aromatic rings. The van der Waals surface area contributed by atoms with E-state index in [0.717, 1.165) is 11.0 Å². The van der Waals surface area contributed by atoms with Gasteiger partial charge in [0.1, 0.15) is 0 Å². The van der Waals surface area contributed by atoms with Crippen LogP contribution in [0, 0.1) is 0 Å². The SMILES string of the molecule is CSc1ccccc1C(=O)Nc1ccc(Br)c(C(F)(F)F)c1. The minimum Gasteiger partial charge on any atom is -0.322 e. The normalized spacial score (nSPS) is 11.3. The van der Waals surface area contributed by atoms with E-state index >= 15 is 0 Å². The zero-order valence-corrected chi connectivity index (χ0v) is 13.8. The Kier molecular flexibility index (Phi) is 5.18. The summed E-state index contributed by atoms with van der Waals surface area (Å²) in [5, 5.41) is 2.50. The highest BCUT2D eigenvalue weighted by Crippen LogP contribution is 2.36. The summed E-state index contributed by atoms with van der Waals surface area (Å²) in [6.07, 6.45) is -2.66. The lowest BCUT2D eigenvalue weighted by atomic mass is 10.1. The van der Waals surface area contributed by atoms with Crippen molar-refractivity contribution in [3.8, 4) is 0 Å². The number of benzene rings is 2. The largest absolute Gasteiger partial charge is 0.417 e. The Morgan fingerprint density at radius 2 is 1.86 bits per heavy atom. The van der Waals surface area contributed by atoms with Gasteiger partial charge in [-0.15, -0.1) is 11.8 Å². The molecule has 0 fully saturated rings. The Labute approximate surface area is 138 Å². The predicted octanol–water partition coefficient (Wildman–Crippen LogP) is 5.44. The smallest absolute Gasteiger partial charge is 0.322 e. The van der Waals surface area contributed by atoms with Gasteiger partial charge in [0, 0.05) is 15.1 Å². The van der Waals surface area contributed by atoms with Gasteiger partial charge in [-0.3, -0.25) is 4.79 Å². The fraction of sp³-hybridized carbons (Fsp3) is 0.133. The van der Waals surface area contributed by atoms with Crippen LogP contribution in [-0.2, 0) is 6.18 Å². The number of nitrogens with one attached hydrogen (secondary N) is 1. The van der Waals surface area contributed by atoms with Gasteiger partial charge in [-0.25, -0.2) is 0 Å². The summed E-state index contributed by atoms with van der Waals surface area (Å²) < 4.78 is 38.5. The Morgan fingerprint density at radius 1 is 1.18 bits per heavy atom. The van der Waals surface area contributed by atoms with Gasteiger partial charge >= 0.3 is 6.18 Å². The maximum absolute atomic E-state index is 12.9. The van der Waals surface area contributed by atoms with Crippen molar-refractivity contribution in [2.45, 2.75) is 11.1 Å². The van der Waals surface area contributed by atoms with Crippen LogP contribution in [0.4, 0.5) is 18.9 Å². The molecule has 2 rings (SSSR count). The number of anilines is 1. The van der Waals surface area contributed by atoms with Crippen LogP contribution in [0.15, 0.2) is 51.8 Å². The van der Waals surface area contributed by atoms with E-state index in [9.17, 15) is 18.0 Å². The fourth-order valence-electron chi connectivity index (χ4n) is 1.85. The van der Waals surface area contributed by atoms with Gasteiger partial charge in [0.05, 0.1) is 11.1 Å². The molecule has 0 atom stereocenters. The molecule has 2 aromatic carbocycles. The lowest BCUT2D eigenvalue weighted by Crippen LogP contribution is -2.14. The van der Waals surface area contributed by atoms with Gasteiger partial charge in [-0.2, -0.15) is 13.2 Å². The van der Waals surface area contributed by atoms with Crippen molar-refractivity contribution in [2.24, 2.45) is 0 Å². The van der Waals surface area contributed by atoms with Crippen molar-refractivity contribution >= 4 is 39.3 Å². The van der Waals surface area contributed by atoms with Gasteiger partial charge in [0.2, 0.25) is 0 Å². The van der Waals surface area contributed by atoms with Crippen LogP contribution >= 0.6 is 27.7 Å². The van der Waals surface area contributed by atoms with E-state index in [1.807, 2.05) is 6.26 Å². The molecule has 1 amide bonds. The highest BCUT2D eigenvalue weighted by Gasteiger charge is 2.33. The molecule has 0 saturated carbocycles. The van der Waals surface area contributed by atoms with E-state index in [1.54, 1.807) is 24.3 Å². The summed E-state index contributed by atoms with van der Waals surface area (Å²) in [6.45, 7) is 0. The molecule has 0 aliphatic heterocycles. The maximum Gasteiger partial charge on any atom is 0.417 e. The molecule has 2 nitrogen and oxygen atoms in total. The van der Waals surface area contributed by atoms with Gasteiger partial charge in [-0.05, 0) is 36.6 Å². The lowest BCUT2D eigenvalue weighted by Gasteiger charge is -2.13. The molecule has 7 heteroatoms. The van der Waals surface area contributed by atoms with E-state index < -0.39 is 17.6 Å². The summed E-state index contributed by atoms with van der Waals surface area (Å²) in [5.74, 6) is -0.444. The second-order valence-electron chi connectivity index (χ2n) is 4.35.